The van der Waals surface area contributed by atoms with Crippen molar-refractivity contribution >= 4 is 11.6 Å². The molecule has 4 heteroatoms. The highest BCUT2D eigenvalue weighted by atomic mass is 16.5. The Morgan fingerprint density at radius 1 is 1.37 bits per heavy atom. The molecule has 0 unspecified atom stereocenters. The van der Waals surface area contributed by atoms with Crippen LogP contribution in [0.4, 0.5) is 5.69 Å². The Morgan fingerprint density at radius 3 is 2.47 bits per heavy atom. The highest BCUT2D eigenvalue weighted by molar-refractivity contribution is 5.93. The molecule has 0 atom stereocenters. The standard InChI is InChI=1S/C15H24N2O2/c1-10-8-11(15(2,3)4)14(19-5)12(9-10)17-13(18)6-7-16/h8-9H,6-7,16H2,1-5H3,(H,17,18). The van der Waals surface area contributed by atoms with Crippen molar-refractivity contribution in [2.24, 2.45) is 5.73 Å². The van der Waals surface area contributed by atoms with Crippen molar-refractivity contribution in [3.05, 3.63) is 23.3 Å². The van der Waals surface area contributed by atoms with E-state index in [9.17, 15) is 4.79 Å². The van der Waals surface area contributed by atoms with Crippen molar-refractivity contribution in [2.45, 2.75) is 39.5 Å². The molecule has 0 aromatic heterocycles. The van der Waals surface area contributed by atoms with Crippen LogP contribution in [0.25, 0.3) is 0 Å². The van der Waals surface area contributed by atoms with E-state index in [-0.39, 0.29) is 11.3 Å². The minimum atomic E-state index is -0.0914. The van der Waals surface area contributed by atoms with Gasteiger partial charge < -0.3 is 15.8 Å². The van der Waals surface area contributed by atoms with Gasteiger partial charge in [0.2, 0.25) is 5.91 Å². The molecule has 1 rings (SSSR count). The molecule has 19 heavy (non-hydrogen) atoms. The number of carbonyl (C=O) groups is 1. The van der Waals surface area contributed by atoms with Gasteiger partial charge in [0, 0.05) is 18.5 Å². The van der Waals surface area contributed by atoms with E-state index in [4.69, 9.17) is 10.5 Å². The molecule has 0 aliphatic carbocycles. The SMILES string of the molecule is COc1c(NC(=O)CCN)cc(C)cc1C(C)(C)C. The molecule has 1 amide bonds. The second kappa shape index (κ2) is 6.06. The number of carbonyl (C=O) groups excluding carboxylic acids is 1. The minimum Gasteiger partial charge on any atom is -0.494 e. The minimum absolute atomic E-state index is 0.0509. The Labute approximate surface area is 115 Å². The van der Waals surface area contributed by atoms with Gasteiger partial charge in [-0.3, -0.25) is 4.79 Å². The van der Waals surface area contributed by atoms with Gasteiger partial charge in [0.05, 0.1) is 12.8 Å². The predicted molar refractivity (Wildman–Crippen MR) is 78.7 cm³/mol. The van der Waals surface area contributed by atoms with E-state index >= 15 is 0 Å². The number of anilines is 1. The lowest BCUT2D eigenvalue weighted by Gasteiger charge is -2.25. The number of benzene rings is 1. The lowest BCUT2D eigenvalue weighted by molar-refractivity contribution is -0.116. The zero-order chi connectivity index (χ0) is 14.6. The van der Waals surface area contributed by atoms with Crippen molar-refractivity contribution in [1.29, 1.82) is 0 Å². The summed E-state index contributed by atoms with van der Waals surface area (Å²) in [4.78, 5) is 11.7. The van der Waals surface area contributed by atoms with Crippen molar-refractivity contribution in [3.63, 3.8) is 0 Å². The van der Waals surface area contributed by atoms with Gasteiger partial charge in [0.15, 0.2) is 0 Å². The van der Waals surface area contributed by atoms with E-state index in [1.807, 2.05) is 13.0 Å². The average molecular weight is 264 g/mol. The van der Waals surface area contributed by atoms with E-state index in [0.717, 1.165) is 16.9 Å². The predicted octanol–water partition coefficient (Wildman–Crippen LogP) is 2.59. The molecule has 0 saturated heterocycles. The Hall–Kier alpha value is -1.55. The Morgan fingerprint density at radius 2 is 2.00 bits per heavy atom. The van der Waals surface area contributed by atoms with Crippen LogP contribution in [0.5, 0.6) is 5.75 Å². The van der Waals surface area contributed by atoms with Crippen LogP contribution in [-0.2, 0) is 10.2 Å². The Kier molecular flexibility index (Phi) is 4.95. The third-order valence-corrected chi connectivity index (χ3v) is 2.89. The number of amides is 1. The average Bonchev–Trinajstić information content (AvgIpc) is 2.27. The normalized spacial score (nSPS) is 11.3. The monoisotopic (exact) mass is 264 g/mol. The molecular formula is C15H24N2O2. The van der Waals surface area contributed by atoms with E-state index in [1.165, 1.54) is 0 Å². The van der Waals surface area contributed by atoms with Crippen molar-refractivity contribution in [3.8, 4) is 5.75 Å². The smallest absolute Gasteiger partial charge is 0.225 e. The summed E-state index contributed by atoms with van der Waals surface area (Å²) in [5.41, 5.74) is 8.23. The fourth-order valence-electron chi connectivity index (χ4n) is 1.99. The summed E-state index contributed by atoms with van der Waals surface area (Å²) in [6, 6.07) is 4.01. The van der Waals surface area contributed by atoms with Crippen LogP contribution >= 0.6 is 0 Å². The van der Waals surface area contributed by atoms with Crippen LogP contribution < -0.4 is 15.8 Å². The van der Waals surface area contributed by atoms with Gasteiger partial charge in [-0.25, -0.2) is 0 Å². The zero-order valence-corrected chi connectivity index (χ0v) is 12.5. The molecule has 0 bridgehead atoms. The third kappa shape index (κ3) is 3.96. The topological polar surface area (TPSA) is 64.3 Å². The number of rotatable bonds is 4. The Balaban J connectivity index is 3.24. The maximum atomic E-state index is 11.7. The summed E-state index contributed by atoms with van der Waals surface area (Å²) in [6.45, 7) is 8.71. The van der Waals surface area contributed by atoms with Crippen LogP contribution in [0, 0.1) is 6.92 Å². The van der Waals surface area contributed by atoms with Gasteiger partial charge in [-0.05, 0) is 24.0 Å². The van der Waals surface area contributed by atoms with Crippen LogP contribution in [0.1, 0.15) is 38.3 Å². The number of methoxy groups -OCH3 is 1. The van der Waals surface area contributed by atoms with Crippen molar-refractivity contribution in [2.75, 3.05) is 19.0 Å². The first-order valence-electron chi connectivity index (χ1n) is 6.48. The molecule has 1 aromatic rings. The summed E-state index contributed by atoms with van der Waals surface area (Å²) < 4.78 is 5.49. The van der Waals surface area contributed by atoms with Crippen molar-refractivity contribution in [1.82, 2.24) is 0 Å². The largest absolute Gasteiger partial charge is 0.494 e. The highest BCUT2D eigenvalue weighted by Gasteiger charge is 2.22. The summed E-state index contributed by atoms with van der Waals surface area (Å²) in [5.74, 6) is 0.634. The van der Waals surface area contributed by atoms with E-state index in [2.05, 4.69) is 32.2 Å². The maximum absolute atomic E-state index is 11.7. The molecule has 0 spiro atoms. The van der Waals surface area contributed by atoms with Crippen molar-refractivity contribution < 1.29 is 9.53 Å². The van der Waals surface area contributed by atoms with Gasteiger partial charge in [0.25, 0.3) is 0 Å². The molecule has 0 fully saturated rings. The molecule has 0 aliphatic rings. The number of nitrogens with one attached hydrogen (secondary N) is 1. The second-order valence-electron chi connectivity index (χ2n) is 5.73. The van der Waals surface area contributed by atoms with E-state index in [0.29, 0.717) is 18.7 Å². The Bertz CT molecular complexity index is 462. The van der Waals surface area contributed by atoms with Gasteiger partial charge in [-0.1, -0.05) is 26.8 Å². The van der Waals surface area contributed by atoms with Gasteiger partial charge >= 0.3 is 0 Å². The van der Waals surface area contributed by atoms with E-state index in [1.54, 1.807) is 7.11 Å². The summed E-state index contributed by atoms with van der Waals surface area (Å²) in [5, 5.41) is 2.87. The molecule has 0 aliphatic heterocycles. The molecule has 1 aromatic carbocycles. The quantitative estimate of drug-likeness (QED) is 0.878. The molecule has 106 valence electrons. The molecule has 3 N–H and O–H groups in total. The molecular weight excluding hydrogens is 240 g/mol. The number of hydrogen-bond donors (Lipinski definition) is 2. The number of nitrogens with two attached hydrogens (primary N) is 1. The van der Waals surface area contributed by atoms with Crippen LogP contribution in [0.15, 0.2) is 12.1 Å². The van der Waals surface area contributed by atoms with Gasteiger partial charge in [-0.15, -0.1) is 0 Å². The fourth-order valence-corrected chi connectivity index (χ4v) is 1.99. The van der Waals surface area contributed by atoms with Crippen LogP contribution in [0.2, 0.25) is 0 Å². The first-order chi connectivity index (χ1) is 8.79. The lowest BCUT2D eigenvalue weighted by Crippen LogP contribution is -2.19. The number of ether oxygens (including phenoxy) is 1. The van der Waals surface area contributed by atoms with Gasteiger partial charge in [0.1, 0.15) is 5.75 Å². The lowest BCUT2D eigenvalue weighted by atomic mass is 9.85. The number of aryl methyl sites for hydroxylation is 1. The third-order valence-electron chi connectivity index (χ3n) is 2.89. The fraction of sp³-hybridized carbons (Fsp3) is 0.533. The summed E-state index contributed by atoms with van der Waals surface area (Å²) >= 11 is 0. The first kappa shape index (κ1) is 15.5. The molecule has 4 nitrogen and oxygen atoms in total. The van der Waals surface area contributed by atoms with Crippen LogP contribution in [-0.4, -0.2) is 19.6 Å². The second-order valence-corrected chi connectivity index (χ2v) is 5.73. The van der Waals surface area contributed by atoms with Crippen LogP contribution in [0.3, 0.4) is 0 Å². The highest BCUT2D eigenvalue weighted by Crippen LogP contribution is 2.38. The zero-order valence-electron chi connectivity index (χ0n) is 12.5. The molecule has 0 saturated carbocycles. The van der Waals surface area contributed by atoms with E-state index < -0.39 is 0 Å². The molecule has 0 radical (unpaired) electrons. The summed E-state index contributed by atoms with van der Waals surface area (Å²) in [6.07, 6.45) is 0.307. The van der Waals surface area contributed by atoms with Gasteiger partial charge in [-0.2, -0.15) is 0 Å². The summed E-state index contributed by atoms with van der Waals surface area (Å²) in [7, 11) is 1.62. The number of hydrogen-bond acceptors (Lipinski definition) is 3. The maximum Gasteiger partial charge on any atom is 0.225 e. The first-order valence-corrected chi connectivity index (χ1v) is 6.48. The molecule has 0 heterocycles.